The fourth-order valence-corrected chi connectivity index (χ4v) is 3.40. The first kappa shape index (κ1) is 20.0. The number of rotatable bonds is 5. The number of pyridine rings is 1. The molecule has 0 spiro atoms. The van der Waals surface area contributed by atoms with Crippen molar-refractivity contribution in [1.29, 1.82) is 5.26 Å². The molecule has 0 aliphatic carbocycles. The minimum Gasteiger partial charge on any atom is -0.473 e. The number of ether oxygens (including phenoxy) is 1. The van der Waals surface area contributed by atoms with Gasteiger partial charge in [0.1, 0.15) is 6.61 Å². The van der Waals surface area contributed by atoms with Gasteiger partial charge < -0.3 is 4.74 Å². The third-order valence-electron chi connectivity index (χ3n) is 5.10. The highest BCUT2D eigenvalue weighted by Gasteiger charge is 2.14. The molecule has 0 amide bonds. The van der Waals surface area contributed by atoms with Gasteiger partial charge in [-0.2, -0.15) is 14.6 Å². The SMILES string of the molecule is Cc1cccc(-n2nnn(C)c2=O)c1COc1ccc(-c2ccccc2C#N)c(C)n1. The molecule has 0 N–H and O–H groups in total. The molecular weight excluding hydrogens is 392 g/mol. The van der Waals surface area contributed by atoms with E-state index in [1.807, 2.05) is 56.3 Å². The van der Waals surface area contributed by atoms with Gasteiger partial charge in [0.25, 0.3) is 0 Å². The topological polar surface area (TPSA) is 98.6 Å². The van der Waals surface area contributed by atoms with E-state index in [-0.39, 0.29) is 12.3 Å². The number of hydrogen-bond donors (Lipinski definition) is 0. The smallest absolute Gasteiger partial charge is 0.368 e. The number of benzene rings is 2. The van der Waals surface area contributed by atoms with Gasteiger partial charge in [-0.1, -0.05) is 30.3 Å². The third kappa shape index (κ3) is 3.81. The molecular formula is C23H20N6O2. The van der Waals surface area contributed by atoms with Gasteiger partial charge in [-0.25, -0.2) is 9.78 Å². The zero-order chi connectivity index (χ0) is 22.0. The highest BCUT2D eigenvalue weighted by atomic mass is 16.5. The molecule has 0 aliphatic heterocycles. The van der Waals surface area contributed by atoms with Gasteiger partial charge >= 0.3 is 5.69 Å². The van der Waals surface area contributed by atoms with E-state index in [0.29, 0.717) is 17.1 Å². The van der Waals surface area contributed by atoms with Crippen LogP contribution in [0.3, 0.4) is 0 Å². The molecule has 4 rings (SSSR count). The lowest BCUT2D eigenvalue weighted by atomic mass is 9.99. The fraction of sp³-hybridized carbons (Fsp3) is 0.174. The third-order valence-corrected chi connectivity index (χ3v) is 5.10. The number of hydrogen-bond acceptors (Lipinski definition) is 6. The van der Waals surface area contributed by atoms with Gasteiger partial charge in [0.05, 0.1) is 17.3 Å². The molecule has 2 aromatic carbocycles. The molecule has 8 nitrogen and oxygen atoms in total. The van der Waals surface area contributed by atoms with Crippen molar-refractivity contribution >= 4 is 0 Å². The van der Waals surface area contributed by atoms with Crippen molar-refractivity contribution in [2.45, 2.75) is 20.5 Å². The number of nitrogens with zero attached hydrogens (tertiary/aromatic N) is 6. The van der Waals surface area contributed by atoms with Crippen LogP contribution in [0.1, 0.15) is 22.4 Å². The Morgan fingerprint density at radius 1 is 1.00 bits per heavy atom. The largest absolute Gasteiger partial charge is 0.473 e. The Morgan fingerprint density at radius 2 is 1.81 bits per heavy atom. The summed E-state index contributed by atoms with van der Waals surface area (Å²) in [6.45, 7) is 4.05. The van der Waals surface area contributed by atoms with Crippen LogP contribution in [0, 0.1) is 25.2 Å². The number of aryl methyl sites for hydroxylation is 3. The zero-order valence-corrected chi connectivity index (χ0v) is 17.4. The summed E-state index contributed by atoms with van der Waals surface area (Å²) < 4.78 is 8.40. The molecule has 2 aromatic heterocycles. The summed E-state index contributed by atoms with van der Waals surface area (Å²) in [5, 5.41) is 17.1. The first-order valence-electron chi connectivity index (χ1n) is 9.67. The summed E-state index contributed by atoms with van der Waals surface area (Å²) in [7, 11) is 1.55. The number of nitriles is 1. The molecule has 8 heteroatoms. The molecule has 0 fully saturated rings. The van der Waals surface area contributed by atoms with E-state index in [1.54, 1.807) is 19.2 Å². The van der Waals surface area contributed by atoms with Gasteiger partial charge in [0.15, 0.2) is 0 Å². The monoisotopic (exact) mass is 412 g/mol. The Labute approximate surface area is 179 Å². The molecule has 0 radical (unpaired) electrons. The first-order chi connectivity index (χ1) is 15.0. The highest BCUT2D eigenvalue weighted by molar-refractivity contribution is 5.72. The van der Waals surface area contributed by atoms with E-state index >= 15 is 0 Å². The second kappa shape index (κ2) is 8.24. The van der Waals surface area contributed by atoms with Gasteiger partial charge in [-0.15, -0.1) is 0 Å². The van der Waals surface area contributed by atoms with Gasteiger partial charge in [-0.05, 0) is 48.0 Å². The maximum absolute atomic E-state index is 12.3. The highest BCUT2D eigenvalue weighted by Crippen LogP contribution is 2.28. The lowest BCUT2D eigenvalue weighted by Gasteiger charge is -2.14. The summed E-state index contributed by atoms with van der Waals surface area (Å²) in [4.78, 5) is 16.9. The molecule has 2 heterocycles. The molecule has 0 atom stereocenters. The van der Waals surface area contributed by atoms with E-state index in [0.717, 1.165) is 27.9 Å². The minimum atomic E-state index is -0.332. The number of tetrazole rings is 1. The van der Waals surface area contributed by atoms with E-state index in [9.17, 15) is 10.1 Å². The average molecular weight is 412 g/mol. The Kier molecular flexibility index (Phi) is 5.33. The zero-order valence-electron chi connectivity index (χ0n) is 17.4. The van der Waals surface area contributed by atoms with E-state index in [2.05, 4.69) is 21.5 Å². The lowest BCUT2D eigenvalue weighted by molar-refractivity contribution is 0.292. The summed E-state index contributed by atoms with van der Waals surface area (Å²) in [6, 6.07) is 18.9. The molecule has 0 unspecified atom stereocenters. The molecule has 0 aliphatic rings. The summed E-state index contributed by atoms with van der Waals surface area (Å²) in [5.41, 5.74) is 5.15. The van der Waals surface area contributed by atoms with Crippen molar-refractivity contribution in [1.82, 2.24) is 24.8 Å². The normalized spacial score (nSPS) is 10.6. The minimum absolute atomic E-state index is 0.214. The van der Waals surface area contributed by atoms with Crippen molar-refractivity contribution in [2.24, 2.45) is 7.05 Å². The Bertz CT molecular complexity index is 1360. The molecule has 0 saturated heterocycles. The maximum atomic E-state index is 12.3. The predicted octanol–water partition coefficient (Wildman–Crippen LogP) is 3.10. The van der Waals surface area contributed by atoms with Crippen LogP contribution in [-0.4, -0.2) is 24.8 Å². The van der Waals surface area contributed by atoms with Gasteiger partial charge in [0, 0.05) is 35.5 Å². The molecule has 31 heavy (non-hydrogen) atoms. The maximum Gasteiger partial charge on any atom is 0.368 e. The van der Waals surface area contributed by atoms with Crippen LogP contribution < -0.4 is 10.4 Å². The number of aromatic nitrogens is 5. The first-order valence-corrected chi connectivity index (χ1v) is 9.67. The van der Waals surface area contributed by atoms with Crippen LogP contribution in [0.2, 0.25) is 0 Å². The Hall–Kier alpha value is -4.25. The Morgan fingerprint density at radius 3 is 2.52 bits per heavy atom. The quantitative estimate of drug-likeness (QED) is 0.499. The summed E-state index contributed by atoms with van der Waals surface area (Å²) in [5.74, 6) is 0.455. The van der Waals surface area contributed by atoms with Crippen molar-refractivity contribution < 1.29 is 4.74 Å². The van der Waals surface area contributed by atoms with Crippen LogP contribution in [0.15, 0.2) is 59.4 Å². The average Bonchev–Trinajstić information content (AvgIpc) is 3.11. The predicted molar refractivity (Wildman–Crippen MR) is 115 cm³/mol. The van der Waals surface area contributed by atoms with Crippen molar-refractivity contribution in [3.8, 4) is 28.8 Å². The fourth-order valence-electron chi connectivity index (χ4n) is 3.40. The van der Waals surface area contributed by atoms with E-state index in [1.165, 1.54) is 9.36 Å². The standard InChI is InChI=1S/C23H20N6O2/c1-15-7-6-10-21(29-23(30)28(3)26-27-29)20(15)14-31-22-12-11-18(16(2)25-22)19-9-5-4-8-17(19)13-24/h4-12H,14H2,1-3H3. The van der Waals surface area contributed by atoms with Crippen LogP contribution >= 0.6 is 0 Å². The second-order valence-electron chi connectivity index (χ2n) is 7.10. The van der Waals surface area contributed by atoms with Crippen molar-refractivity contribution in [3.63, 3.8) is 0 Å². The van der Waals surface area contributed by atoms with Crippen LogP contribution in [0.5, 0.6) is 5.88 Å². The van der Waals surface area contributed by atoms with E-state index < -0.39 is 0 Å². The van der Waals surface area contributed by atoms with Crippen molar-refractivity contribution in [2.75, 3.05) is 0 Å². The van der Waals surface area contributed by atoms with Crippen molar-refractivity contribution in [3.05, 3.63) is 87.5 Å². The lowest BCUT2D eigenvalue weighted by Crippen LogP contribution is -2.23. The second-order valence-corrected chi connectivity index (χ2v) is 7.10. The summed E-state index contributed by atoms with van der Waals surface area (Å²) in [6.07, 6.45) is 0. The van der Waals surface area contributed by atoms with E-state index in [4.69, 9.17) is 4.74 Å². The Balaban J connectivity index is 1.63. The van der Waals surface area contributed by atoms with Gasteiger partial charge in [-0.3, -0.25) is 0 Å². The van der Waals surface area contributed by atoms with Gasteiger partial charge in [0.2, 0.25) is 5.88 Å². The van der Waals surface area contributed by atoms with Crippen LogP contribution in [0.25, 0.3) is 16.8 Å². The molecule has 154 valence electrons. The molecule has 4 aromatic rings. The summed E-state index contributed by atoms with van der Waals surface area (Å²) >= 11 is 0. The van der Waals surface area contributed by atoms with Crippen LogP contribution in [-0.2, 0) is 13.7 Å². The molecule has 0 saturated carbocycles. The molecule has 0 bridgehead atoms. The van der Waals surface area contributed by atoms with Crippen LogP contribution in [0.4, 0.5) is 0 Å².